The molecular weight excluding hydrogens is 751 g/mol. The van der Waals surface area contributed by atoms with Gasteiger partial charge >= 0.3 is 11.9 Å². The minimum absolute atomic E-state index is 0.00399. The van der Waals surface area contributed by atoms with Crippen molar-refractivity contribution in [3.05, 3.63) is 20.4 Å². The van der Waals surface area contributed by atoms with Crippen LogP contribution in [0.2, 0.25) is 0 Å². The summed E-state index contributed by atoms with van der Waals surface area (Å²) >= 11 is 0. The first-order valence-corrected chi connectivity index (χ1v) is 25.6. The molecule has 350 valence electrons. The number of ether oxygens (including phenoxy) is 2. The van der Waals surface area contributed by atoms with Gasteiger partial charge in [0.1, 0.15) is 17.5 Å². The highest BCUT2D eigenvalue weighted by molar-refractivity contribution is 5.73. The lowest BCUT2D eigenvalue weighted by atomic mass is 10.0. The Labute approximate surface area is 368 Å². The van der Waals surface area contributed by atoms with Gasteiger partial charge in [0, 0.05) is 26.4 Å². The van der Waals surface area contributed by atoms with Crippen LogP contribution in [-0.4, -0.2) is 62.8 Å². The number of carbonyl (C=O) groups is 2. The summed E-state index contributed by atoms with van der Waals surface area (Å²) in [5.41, 5.74) is -0.0613. The van der Waals surface area contributed by atoms with Crippen LogP contribution in [0.1, 0.15) is 240 Å². The minimum Gasteiger partial charge on any atom is -0.465 e. The number of rotatable bonds is 45. The van der Waals surface area contributed by atoms with E-state index in [1.807, 2.05) is 0 Å². The molecule has 0 saturated heterocycles. The Balaban J connectivity index is 2.38. The van der Waals surface area contributed by atoms with Crippen molar-refractivity contribution >= 4 is 23.3 Å². The van der Waals surface area contributed by atoms with E-state index in [0.29, 0.717) is 43.3 Å². The van der Waals surface area contributed by atoms with Crippen LogP contribution in [-0.2, 0) is 19.1 Å². The zero-order valence-corrected chi connectivity index (χ0v) is 39.9. The number of nitrogens with zero attached hydrogens (tertiary/aromatic N) is 1. The average molecular weight is 846 g/mol. The van der Waals surface area contributed by atoms with E-state index in [2.05, 4.69) is 43.2 Å². The van der Waals surface area contributed by atoms with Gasteiger partial charge in [0.25, 0.3) is 10.9 Å². The molecule has 1 aromatic rings. The quantitative estimate of drug-likeness (QED) is 0.0376. The summed E-state index contributed by atoms with van der Waals surface area (Å²) in [6, 6.07) is 0. The molecule has 1 atom stereocenters. The number of esters is 2. The Bertz CT molecular complexity index is 1210. The highest BCUT2D eigenvalue weighted by Gasteiger charge is 2.19. The maximum Gasteiger partial charge on any atom is 0.306 e. The third kappa shape index (κ3) is 29.8. The molecule has 0 saturated carbocycles. The normalized spacial score (nSPS) is 12.1. The molecule has 9 heteroatoms. The van der Waals surface area contributed by atoms with E-state index < -0.39 is 10.9 Å². The lowest BCUT2D eigenvalue weighted by Crippen LogP contribution is -2.37. The number of nitrogens with one attached hydrogen (secondary N) is 2. The highest BCUT2D eigenvalue weighted by Crippen LogP contribution is 2.19. The summed E-state index contributed by atoms with van der Waals surface area (Å²) < 4.78 is 11.6. The van der Waals surface area contributed by atoms with Crippen LogP contribution < -0.4 is 21.5 Å². The van der Waals surface area contributed by atoms with Gasteiger partial charge in [0.15, 0.2) is 0 Å². The van der Waals surface area contributed by atoms with Crippen LogP contribution in [0, 0.1) is 5.92 Å². The number of carbonyl (C=O) groups excluding carboxylic acids is 2. The molecule has 1 rings (SSSR count). The van der Waals surface area contributed by atoms with Crippen molar-refractivity contribution in [1.29, 1.82) is 0 Å². The summed E-state index contributed by atoms with van der Waals surface area (Å²) in [7, 11) is 1.67. The first kappa shape index (κ1) is 55.6. The Hall–Kier alpha value is -2.42. The Morgan fingerprint density at radius 3 is 1.45 bits per heavy atom. The lowest BCUT2D eigenvalue weighted by Gasteiger charge is -2.23. The second kappa shape index (κ2) is 39.4. The molecule has 1 unspecified atom stereocenters. The molecule has 0 amide bonds. The first-order valence-electron chi connectivity index (χ1n) is 25.6. The van der Waals surface area contributed by atoms with E-state index >= 15 is 0 Å². The number of hydrogen-bond donors (Lipinski definition) is 2. The molecule has 9 nitrogen and oxygen atoms in total. The molecule has 1 aromatic carbocycles. The third-order valence-electron chi connectivity index (χ3n) is 12.2. The van der Waals surface area contributed by atoms with Crippen LogP contribution in [0.15, 0.2) is 9.59 Å². The fraction of sp³-hybridized carbons (Fsp3) is 0.882. The van der Waals surface area contributed by atoms with E-state index in [9.17, 15) is 19.2 Å². The van der Waals surface area contributed by atoms with Gasteiger partial charge in [0.2, 0.25) is 0 Å². The predicted molar refractivity (Wildman–Crippen MR) is 255 cm³/mol. The Kier molecular flexibility index (Phi) is 36.5. The standard InChI is InChI=1S/C51H95N3O6/c1-6-9-12-15-20-27-35-45(36-28-21-16-13-10-7-2)60-47(56)38-30-23-18-25-32-41-54(42-33-39-53-49-48(52-5)50(57)51(49)58)40-31-24-17-22-29-37-46(55)59-43-44(4)34-26-19-14-11-8-3/h44-45,52-53H,6-43H2,1-5H3. The molecule has 0 bridgehead atoms. The minimum atomic E-state index is -0.440. The van der Waals surface area contributed by atoms with E-state index in [-0.39, 0.29) is 18.0 Å². The van der Waals surface area contributed by atoms with E-state index in [4.69, 9.17) is 9.47 Å². The predicted octanol–water partition coefficient (Wildman–Crippen LogP) is 13.1. The van der Waals surface area contributed by atoms with Gasteiger partial charge in [-0.05, 0) is 89.8 Å². The maximum atomic E-state index is 12.9. The van der Waals surface area contributed by atoms with Crippen molar-refractivity contribution in [2.24, 2.45) is 5.92 Å². The smallest absolute Gasteiger partial charge is 0.306 e. The van der Waals surface area contributed by atoms with Gasteiger partial charge in [0.05, 0.1) is 6.61 Å². The molecule has 60 heavy (non-hydrogen) atoms. The molecule has 2 N–H and O–H groups in total. The van der Waals surface area contributed by atoms with Gasteiger partial charge in [-0.2, -0.15) is 0 Å². The van der Waals surface area contributed by atoms with Gasteiger partial charge in [-0.15, -0.1) is 0 Å². The zero-order valence-electron chi connectivity index (χ0n) is 39.9. The van der Waals surface area contributed by atoms with E-state index in [1.165, 1.54) is 96.3 Å². The van der Waals surface area contributed by atoms with Crippen molar-refractivity contribution in [3.63, 3.8) is 0 Å². The van der Waals surface area contributed by atoms with Crippen LogP contribution in [0.5, 0.6) is 0 Å². The maximum absolute atomic E-state index is 12.9. The van der Waals surface area contributed by atoms with Crippen LogP contribution >= 0.6 is 0 Å². The fourth-order valence-corrected chi connectivity index (χ4v) is 8.22. The van der Waals surface area contributed by atoms with Gasteiger partial charge in [-0.3, -0.25) is 19.2 Å². The molecule has 0 aliphatic heterocycles. The summed E-state index contributed by atoms with van der Waals surface area (Å²) in [5, 5.41) is 6.01. The van der Waals surface area contributed by atoms with Crippen LogP contribution in [0.25, 0.3) is 0 Å². The molecule has 0 radical (unpaired) electrons. The van der Waals surface area contributed by atoms with Gasteiger partial charge < -0.3 is 25.0 Å². The number of anilines is 2. The second-order valence-corrected chi connectivity index (χ2v) is 18.0. The summed E-state index contributed by atoms with van der Waals surface area (Å²) in [6.45, 7) is 13.1. The molecule has 0 fully saturated rings. The van der Waals surface area contributed by atoms with Crippen molar-refractivity contribution in [2.45, 2.75) is 246 Å². The molecule has 0 heterocycles. The largest absolute Gasteiger partial charge is 0.465 e. The van der Waals surface area contributed by atoms with Crippen molar-refractivity contribution in [3.8, 4) is 0 Å². The summed E-state index contributed by atoms with van der Waals surface area (Å²) in [4.78, 5) is 51.4. The fourth-order valence-electron chi connectivity index (χ4n) is 8.22. The van der Waals surface area contributed by atoms with E-state index in [0.717, 1.165) is 122 Å². The lowest BCUT2D eigenvalue weighted by molar-refractivity contribution is -0.150. The van der Waals surface area contributed by atoms with Crippen molar-refractivity contribution in [2.75, 3.05) is 50.5 Å². The van der Waals surface area contributed by atoms with Crippen LogP contribution in [0.4, 0.5) is 11.4 Å². The number of unbranched alkanes of at least 4 members (excludes halogenated alkanes) is 22. The summed E-state index contributed by atoms with van der Waals surface area (Å²) in [5.74, 6) is 0.384. The van der Waals surface area contributed by atoms with Crippen molar-refractivity contribution in [1.82, 2.24) is 4.90 Å². The summed E-state index contributed by atoms with van der Waals surface area (Å²) in [6.07, 6.45) is 37.5. The van der Waals surface area contributed by atoms with Crippen molar-refractivity contribution < 1.29 is 19.1 Å². The van der Waals surface area contributed by atoms with Crippen LogP contribution in [0.3, 0.4) is 0 Å². The third-order valence-corrected chi connectivity index (χ3v) is 12.2. The Morgan fingerprint density at radius 1 is 0.517 bits per heavy atom. The molecule has 0 spiro atoms. The number of hydrogen-bond acceptors (Lipinski definition) is 9. The monoisotopic (exact) mass is 846 g/mol. The molecule has 0 aliphatic carbocycles. The van der Waals surface area contributed by atoms with E-state index in [1.54, 1.807) is 7.05 Å². The van der Waals surface area contributed by atoms with Gasteiger partial charge in [-0.25, -0.2) is 0 Å². The molecule has 0 aromatic heterocycles. The Morgan fingerprint density at radius 2 is 0.933 bits per heavy atom. The molecule has 0 aliphatic rings. The zero-order chi connectivity index (χ0) is 43.9. The first-order chi connectivity index (χ1) is 29.3. The average Bonchev–Trinajstić information content (AvgIpc) is 3.24. The van der Waals surface area contributed by atoms with Gasteiger partial charge in [-0.1, -0.05) is 163 Å². The second-order valence-electron chi connectivity index (χ2n) is 18.0. The highest BCUT2D eigenvalue weighted by atomic mass is 16.5. The SMILES string of the molecule is CCCCCCCCC(CCCCCCCC)OC(=O)CCCCCCCN(CCCCCCCC(=O)OCC(C)CCCCCCC)CCCNc1c(NC)c(=O)c1=O. The molecular formula is C51H95N3O6. The topological polar surface area (TPSA) is 114 Å².